The summed E-state index contributed by atoms with van der Waals surface area (Å²) < 4.78 is 8.31. The van der Waals surface area contributed by atoms with Gasteiger partial charge in [0.15, 0.2) is 0 Å². The molecular formula is C26H38ClN5O2. The fraction of sp³-hybridized carbons (Fsp3) is 0.615. The third-order valence-corrected chi connectivity index (χ3v) is 7.86. The Morgan fingerprint density at radius 2 is 1.88 bits per heavy atom. The third-order valence-electron chi connectivity index (χ3n) is 7.44. The fourth-order valence-corrected chi connectivity index (χ4v) is 5.32. The SMILES string of the molecule is Cc1cc(OC[C@@]2(CC(=O)N3CCN(C)CC3)CCCN(Cc3c(C)cnn3C)C2)ccc1Cl. The van der Waals surface area contributed by atoms with Crippen molar-refractivity contribution in [1.82, 2.24) is 24.5 Å². The number of hydrogen-bond donors (Lipinski definition) is 0. The summed E-state index contributed by atoms with van der Waals surface area (Å²) in [4.78, 5) is 20.2. The number of aryl methyl sites for hydroxylation is 3. The van der Waals surface area contributed by atoms with Crippen LogP contribution in [0.4, 0.5) is 0 Å². The maximum atomic E-state index is 13.4. The molecule has 2 saturated heterocycles. The maximum absolute atomic E-state index is 13.4. The molecule has 3 heterocycles. The largest absolute Gasteiger partial charge is 0.493 e. The van der Waals surface area contributed by atoms with E-state index in [-0.39, 0.29) is 11.3 Å². The van der Waals surface area contributed by atoms with E-state index in [0.29, 0.717) is 13.0 Å². The Morgan fingerprint density at radius 1 is 1.12 bits per heavy atom. The summed E-state index contributed by atoms with van der Waals surface area (Å²) in [5.74, 6) is 1.07. The Bertz CT molecular complexity index is 982. The molecule has 2 aliphatic heterocycles. The van der Waals surface area contributed by atoms with Gasteiger partial charge in [0, 0.05) is 63.2 Å². The number of amides is 1. The van der Waals surface area contributed by atoms with Gasteiger partial charge in [0.1, 0.15) is 5.75 Å². The summed E-state index contributed by atoms with van der Waals surface area (Å²) in [6.07, 6.45) is 4.48. The van der Waals surface area contributed by atoms with E-state index < -0.39 is 0 Å². The first-order valence-electron chi connectivity index (χ1n) is 12.3. The Kier molecular flexibility index (Phi) is 7.85. The predicted octanol–water partition coefficient (Wildman–Crippen LogP) is 3.52. The molecule has 2 aromatic rings. The van der Waals surface area contributed by atoms with Crippen molar-refractivity contribution >= 4 is 17.5 Å². The van der Waals surface area contributed by atoms with Crippen molar-refractivity contribution in [2.45, 2.75) is 39.7 Å². The van der Waals surface area contributed by atoms with E-state index in [1.165, 1.54) is 11.3 Å². The molecular weight excluding hydrogens is 450 g/mol. The molecule has 0 spiro atoms. The fourth-order valence-electron chi connectivity index (χ4n) is 5.20. The van der Waals surface area contributed by atoms with Crippen molar-refractivity contribution in [2.24, 2.45) is 12.5 Å². The smallest absolute Gasteiger partial charge is 0.223 e. The van der Waals surface area contributed by atoms with Crippen LogP contribution in [0.5, 0.6) is 5.75 Å². The van der Waals surface area contributed by atoms with Crippen LogP contribution in [0.25, 0.3) is 0 Å². The molecule has 1 aromatic carbocycles. The zero-order valence-corrected chi connectivity index (χ0v) is 21.8. The number of ether oxygens (including phenoxy) is 1. The van der Waals surface area contributed by atoms with Crippen LogP contribution < -0.4 is 4.74 Å². The number of nitrogens with zero attached hydrogens (tertiary/aromatic N) is 5. The first-order chi connectivity index (χ1) is 16.2. The normalized spacial score (nSPS) is 22.2. The van der Waals surface area contributed by atoms with Gasteiger partial charge < -0.3 is 14.5 Å². The van der Waals surface area contributed by atoms with Gasteiger partial charge in [-0.15, -0.1) is 0 Å². The van der Waals surface area contributed by atoms with E-state index in [9.17, 15) is 4.79 Å². The second kappa shape index (κ2) is 10.7. The van der Waals surface area contributed by atoms with E-state index in [1.54, 1.807) is 0 Å². The molecule has 1 amide bonds. The predicted molar refractivity (Wildman–Crippen MR) is 135 cm³/mol. The number of aromatic nitrogens is 2. The van der Waals surface area contributed by atoms with E-state index in [0.717, 1.165) is 75.0 Å². The van der Waals surface area contributed by atoms with Gasteiger partial charge in [0.25, 0.3) is 0 Å². The second-order valence-electron chi connectivity index (χ2n) is 10.3. The molecule has 0 N–H and O–H groups in total. The molecule has 0 radical (unpaired) electrons. The van der Waals surface area contributed by atoms with Crippen LogP contribution in [0.3, 0.4) is 0 Å². The summed E-state index contributed by atoms with van der Waals surface area (Å²) in [6, 6.07) is 5.79. The molecule has 4 rings (SSSR count). The first-order valence-corrected chi connectivity index (χ1v) is 12.7. The van der Waals surface area contributed by atoms with Gasteiger partial charge >= 0.3 is 0 Å². The molecule has 0 unspecified atom stereocenters. The van der Waals surface area contributed by atoms with Crippen LogP contribution in [0.15, 0.2) is 24.4 Å². The lowest BCUT2D eigenvalue weighted by Crippen LogP contribution is -2.52. The maximum Gasteiger partial charge on any atom is 0.223 e. The summed E-state index contributed by atoms with van der Waals surface area (Å²) in [5.41, 5.74) is 3.22. The van der Waals surface area contributed by atoms with Crippen LogP contribution in [0.1, 0.15) is 36.1 Å². The lowest BCUT2D eigenvalue weighted by Gasteiger charge is -2.43. The number of piperazine rings is 1. The highest BCUT2D eigenvalue weighted by Crippen LogP contribution is 2.36. The zero-order chi connectivity index (χ0) is 24.3. The van der Waals surface area contributed by atoms with Crippen molar-refractivity contribution in [2.75, 3.05) is 52.9 Å². The van der Waals surface area contributed by atoms with Gasteiger partial charge in [-0.3, -0.25) is 14.4 Å². The number of hydrogen-bond acceptors (Lipinski definition) is 5. The van der Waals surface area contributed by atoms with E-state index in [4.69, 9.17) is 16.3 Å². The third kappa shape index (κ3) is 5.93. The van der Waals surface area contributed by atoms with Gasteiger partial charge in [-0.05, 0) is 69.6 Å². The van der Waals surface area contributed by atoms with Crippen molar-refractivity contribution in [3.05, 3.63) is 46.2 Å². The summed E-state index contributed by atoms with van der Waals surface area (Å²) in [5, 5.41) is 5.15. The minimum Gasteiger partial charge on any atom is -0.493 e. The molecule has 0 saturated carbocycles. The second-order valence-corrected chi connectivity index (χ2v) is 10.7. The average Bonchev–Trinajstić information content (AvgIpc) is 3.12. The quantitative estimate of drug-likeness (QED) is 0.598. The van der Waals surface area contributed by atoms with Crippen molar-refractivity contribution < 1.29 is 9.53 Å². The lowest BCUT2D eigenvalue weighted by atomic mass is 9.77. The minimum atomic E-state index is -0.223. The zero-order valence-electron chi connectivity index (χ0n) is 21.0. The molecule has 7 nitrogen and oxygen atoms in total. The molecule has 34 heavy (non-hydrogen) atoms. The van der Waals surface area contributed by atoms with Gasteiger partial charge in [-0.1, -0.05) is 11.6 Å². The Hall–Kier alpha value is -2.09. The summed E-state index contributed by atoms with van der Waals surface area (Å²) in [7, 11) is 4.12. The van der Waals surface area contributed by atoms with E-state index >= 15 is 0 Å². The van der Waals surface area contributed by atoms with Crippen molar-refractivity contribution in [1.29, 1.82) is 0 Å². The topological polar surface area (TPSA) is 53.8 Å². The number of carbonyl (C=O) groups is 1. The molecule has 1 atom stereocenters. The minimum absolute atomic E-state index is 0.223. The van der Waals surface area contributed by atoms with E-state index in [2.05, 4.69) is 28.9 Å². The highest BCUT2D eigenvalue weighted by atomic mass is 35.5. The molecule has 8 heteroatoms. The van der Waals surface area contributed by atoms with Crippen LogP contribution in [0.2, 0.25) is 5.02 Å². The van der Waals surface area contributed by atoms with Gasteiger partial charge in [-0.2, -0.15) is 5.10 Å². The number of rotatable bonds is 7. The van der Waals surface area contributed by atoms with Crippen LogP contribution in [0, 0.1) is 19.3 Å². The lowest BCUT2D eigenvalue weighted by molar-refractivity contribution is -0.137. The number of halogens is 1. The Labute approximate surface area is 208 Å². The van der Waals surface area contributed by atoms with Gasteiger partial charge in [0.05, 0.1) is 18.5 Å². The standard InChI is InChI=1S/C26H38ClN5O2/c1-20-14-22(6-7-23(20)27)34-19-26(15-25(33)32-12-10-29(3)11-13-32)8-5-9-31(18-26)17-24-21(2)16-28-30(24)4/h6-7,14,16H,5,8-13,15,17-19H2,1-4H3/t26-/m1/s1. The molecule has 2 aliphatic rings. The Balaban J connectivity index is 1.51. The van der Waals surface area contributed by atoms with Crippen molar-refractivity contribution in [3.63, 3.8) is 0 Å². The van der Waals surface area contributed by atoms with Crippen LogP contribution >= 0.6 is 11.6 Å². The monoisotopic (exact) mass is 487 g/mol. The summed E-state index contributed by atoms with van der Waals surface area (Å²) >= 11 is 6.21. The number of likely N-dealkylation sites (N-methyl/N-ethyl adjacent to an activating group) is 1. The number of piperidine rings is 1. The van der Waals surface area contributed by atoms with E-state index in [1.807, 2.05) is 47.9 Å². The molecule has 0 bridgehead atoms. The molecule has 186 valence electrons. The molecule has 0 aliphatic carbocycles. The Morgan fingerprint density at radius 3 is 2.56 bits per heavy atom. The number of likely N-dealkylation sites (tertiary alicyclic amines) is 1. The highest BCUT2D eigenvalue weighted by Gasteiger charge is 2.40. The molecule has 1 aromatic heterocycles. The van der Waals surface area contributed by atoms with Gasteiger partial charge in [-0.25, -0.2) is 0 Å². The highest BCUT2D eigenvalue weighted by molar-refractivity contribution is 6.31. The summed E-state index contributed by atoms with van der Waals surface area (Å²) in [6.45, 7) is 10.8. The number of carbonyl (C=O) groups excluding carboxylic acids is 1. The van der Waals surface area contributed by atoms with Crippen LogP contribution in [-0.2, 0) is 18.4 Å². The van der Waals surface area contributed by atoms with Crippen LogP contribution in [-0.4, -0.2) is 83.3 Å². The first kappa shape index (κ1) is 25.0. The number of benzene rings is 1. The van der Waals surface area contributed by atoms with Gasteiger partial charge in [0.2, 0.25) is 5.91 Å². The molecule has 2 fully saturated rings. The van der Waals surface area contributed by atoms with Crippen molar-refractivity contribution in [3.8, 4) is 5.75 Å². The average molecular weight is 488 g/mol.